The van der Waals surface area contributed by atoms with E-state index in [9.17, 15) is 4.79 Å². The molecular weight excluding hydrogens is 160 g/mol. The lowest BCUT2D eigenvalue weighted by Gasteiger charge is -2.25. The molecule has 3 heteroatoms. The summed E-state index contributed by atoms with van der Waals surface area (Å²) in [6.07, 6.45) is 2.59. The number of ether oxygens (including phenoxy) is 1. The molecule has 0 spiro atoms. The van der Waals surface area contributed by atoms with Crippen LogP contribution < -0.4 is 0 Å². The Morgan fingerprint density at radius 2 is 2.27 bits per heavy atom. The Kier molecular flexibility index (Phi) is 3.40. The van der Waals surface area contributed by atoms with Crippen molar-refractivity contribution >= 4 is 16.9 Å². The minimum Gasteiger partial charge on any atom is -0.377 e. The highest BCUT2D eigenvalue weighted by molar-refractivity contribution is 8.14. The zero-order valence-corrected chi connectivity index (χ0v) is 7.82. The standard InChI is InChI=1S/C8H14O2S/c1-6-3-4-8(5-10-6)11-7(2)9/h6,8H,3-5H2,1-2H3/t6?,8-/m0/s1. The van der Waals surface area contributed by atoms with Crippen molar-refractivity contribution in [1.29, 1.82) is 0 Å². The van der Waals surface area contributed by atoms with Gasteiger partial charge in [0.15, 0.2) is 5.12 Å². The van der Waals surface area contributed by atoms with Crippen LogP contribution in [0.15, 0.2) is 0 Å². The van der Waals surface area contributed by atoms with Crippen molar-refractivity contribution < 1.29 is 9.53 Å². The highest BCUT2D eigenvalue weighted by Crippen LogP contribution is 2.23. The molecule has 0 amide bonds. The van der Waals surface area contributed by atoms with Gasteiger partial charge in [0.1, 0.15) is 0 Å². The Bertz CT molecular complexity index is 139. The SMILES string of the molecule is CC(=O)S[C@H]1CCC(C)OC1. The molecule has 0 aliphatic carbocycles. The molecule has 11 heavy (non-hydrogen) atoms. The Morgan fingerprint density at radius 3 is 2.73 bits per heavy atom. The highest BCUT2D eigenvalue weighted by atomic mass is 32.2. The second-order valence-electron chi connectivity index (χ2n) is 2.95. The van der Waals surface area contributed by atoms with Crippen LogP contribution in [0.5, 0.6) is 0 Å². The van der Waals surface area contributed by atoms with E-state index in [1.807, 2.05) is 0 Å². The maximum Gasteiger partial charge on any atom is 0.186 e. The van der Waals surface area contributed by atoms with Gasteiger partial charge in [0.05, 0.1) is 12.7 Å². The lowest BCUT2D eigenvalue weighted by molar-refractivity contribution is -0.109. The van der Waals surface area contributed by atoms with E-state index >= 15 is 0 Å². The first kappa shape index (κ1) is 9.07. The van der Waals surface area contributed by atoms with Gasteiger partial charge in [0.25, 0.3) is 0 Å². The molecule has 1 rings (SSSR count). The van der Waals surface area contributed by atoms with E-state index in [1.54, 1.807) is 6.92 Å². The molecule has 1 saturated heterocycles. The lowest BCUT2D eigenvalue weighted by Crippen LogP contribution is -2.25. The van der Waals surface area contributed by atoms with E-state index in [4.69, 9.17) is 4.74 Å². The number of carbonyl (C=O) groups is 1. The van der Waals surface area contributed by atoms with Crippen molar-refractivity contribution in [2.45, 2.75) is 38.0 Å². The fourth-order valence-electron chi connectivity index (χ4n) is 1.19. The first-order valence-corrected chi connectivity index (χ1v) is 4.85. The molecule has 1 aliphatic heterocycles. The summed E-state index contributed by atoms with van der Waals surface area (Å²) in [6.45, 7) is 4.43. The maximum atomic E-state index is 10.7. The van der Waals surface area contributed by atoms with Crippen molar-refractivity contribution in [3.63, 3.8) is 0 Å². The van der Waals surface area contributed by atoms with Gasteiger partial charge in [-0.05, 0) is 19.8 Å². The van der Waals surface area contributed by atoms with Crippen LogP contribution in [-0.4, -0.2) is 23.1 Å². The van der Waals surface area contributed by atoms with E-state index in [0.717, 1.165) is 19.4 Å². The van der Waals surface area contributed by atoms with Crippen LogP contribution in [0.4, 0.5) is 0 Å². The fourth-order valence-corrected chi connectivity index (χ4v) is 2.06. The molecule has 0 aromatic heterocycles. The molecule has 0 saturated carbocycles. The van der Waals surface area contributed by atoms with E-state index in [0.29, 0.717) is 11.4 Å². The second kappa shape index (κ2) is 4.12. The molecule has 1 fully saturated rings. The Morgan fingerprint density at radius 1 is 1.55 bits per heavy atom. The van der Waals surface area contributed by atoms with Crippen LogP contribution in [0.2, 0.25) is 0 Å². The van der Waals surface area contributed by atoms with Crippen LogP contribution in [-0.2, 0) is 9.53 Å². The van der Waals surface area contributed by atoms with Gasteiger partial charge in [-0.2, -0.15) is 0 Å². The third kappa shape index (κ3) is 3.25. The van der Waals surface area contributed by atoms with Gasteiger partial charge < -0.3 is 4.74 Å². The summed E-state index contributed by atoms with van der Waals surface area (Å²) in [5.41, 5.74) is 0. The van der Waals surface area contributed by atoms with Crippen LogP contribution in [0.3, 0.4) is 0 Å². The third-order valence-electron chi connectivity index (χ3n) is 1.79. The fraction of sp³-hybridized carbons (Fsp3) is 0.875. The summed E-state index contributed by atoms with van der Waals surface area (Å²) in [5.74, 6) is 0. The first-order chi connectivity index (χ1) is 5.18. The Balaban J connectivity index is 2.22. The van der Waals surface area contributed by atoms with Crippen molar-refractivity contribution in [1.82, 2.24) is 0 Å². The maximum absolute atomic E-state index is 10.7. The monoisotopic (exact) mass is 174 g/mol. The number of carbonyl (C=O) groups excluding carboxylic acids is 1. The predicted molar refractivity (Wildman–Crippen MR) is 46.7 cm³/mol. The van der Waals surface area contributed by atoms with Crippen LogP contribution in [0, 0.1) is 0 Å². The highest BCUT2D eigenvalue weighted by Gasteiger charge is 2.19. The van der Waals surface area contributed by atoms with Crippen molar-refractivity contribution in [2.24, 2.45) is 0 Å². The van der Waals surface area contributed by atoms with E-state index in [1.165, 1.54) is 11.8 Å². The van der Waals surface area contributed by atoms with Gasteiger partial charge in [-0.25, -0.2) is 0 Å². The van der Waals surface area contributed by atoms with Gasteiger partial charge in [-0.3, -0.25) is 4.79 Å². The molecule has 1 heterocycles. The quantitative estimate of drug-likeness (QED) is 0.606. The Hall–Kier alpha value is -0.0200. The molecule has 1 aliphatic rings. The average Bonchev–Trinajstić information content (AvgIpc) is 1.93. The topological polar surface area (TPSA) is 26.3 Å². The normalized spacial score (nSPS) is 31.8. The van der Waals surface area contributed by atoms with E-state index in [-0.39, 0.29) is 5.12 Å². The van der Waals surface area contributed by atoms with Crippen LogP contribution >= 0.6 is 11.8 Å². The molecular formula is C8H14O2S. The van der Waals surface area contributed by atoms with Gasteiger partial charge in [0.2, 0.25) is 0 Å². The zero-order valence-electron chi connectivity index (χ0n) is 7.00. The molecule has 64 valence electrons. The van der Waals surface area contributed by atoms with Crippen molar-refractivity contribution in [3.05, 3.63) is 0 Å². The summed E-state index contributed by atoms with van der Waals surface area (Å²) in [7, 11) is 0. The molecule has 1 unspecified atom stereocenters. The molecule has 0 radical (unpaired) electrons. The summed E-state index contributed by atoms with van der Waals surface area (Å²) in [6, 6.07) is 0. The largest absolute Gasteiger partial charge is 0.377 e. The Labute approximate surface area is 71.7 Å². The molecule has 0 aromatic rings. The van der Waals surface area contributed by atoms with Crippen molar-refractivity contribution in [3.8, 4) is 0 Å². The smallest absolute Gasteiger partial charge is 0.186 e. The third-order valence-corrected chi connectivity index (χ3v) is 2.83. The number of hydrogen-bond acceptors (Lipinski definition) is 3. The molecule has 2 atom stereocenters. The average molecular weight is 174 g/mol. The summed E-state index contributed by atoms with van der Waals surface area (Å²) >= 11 is 1.41. The summed E-state index contributed by atoms with van der Waals surface area (Å²) in [4.78, 5) is 10.7. The lowest BCUT2D eigenvalue weighted by atomic mass is 10.1. The van der Waals surface area contributed by atoms with E-state index < -0.39 is 0 Å². The van der Waals surface area contributed by atoms with Gasteiger partial charge in [-0.15, -0.1) is 0 Å². The summed E-state index contributed by atoms with van der Waals surface area (Å²) in [5, 5.41) is 0.608. The minimum absolute atomic E-state index is 0.202. The summed E-state index contributed by atoms with van der Waals surface area (Å²) < 4.78 is 5.42. The van der Waals surface area contributed by atoms with Crippen LogP contribution in [0.25, 0.3) is 0 Å². The van der Waals surface area contributed by atoms with E-state index in [2.05, 4.69) is 6.92 Å². The van der Waals surface area contributed by atoms with Crippen LogP contribution in [0.1, 0.15) is 26.7 Å². The van der Waals surface area contributed by atoms with Gasteiger partial charge in [0, 0.05) is 12.2 Å². The number of rotatable bonds is 1. The van der Waals surface area contributed by atoms with Crippen molar-refractivity contribution in [2.75, 3.05) is 6.61 Å². The molecule has 0 N–H and O–H groups in total. The minimum atomic E-state index is 0.202. The van der Waals surface area contributed by atoms with Gasteiger partial charge >= 0.3 is 0 Å². The molecule has 0 aromatic carbocycles. The zero-order chi connectivity index (χ0) is 8.27. The first-order valence-electron chi connectivity index (χ1n) is 3.97. The number of thioether (sulfide) groups is 1. The second-order valence-corrected chi connectivity index (χ2v) is 4.43. The van der Waals surface area contributed by atoms with Gasteiger partial charge in [-0.1, -0.05) is 11.8 Å². The number of hydrogen-bond donors (Lipinski definition) is 0. The molecule has 2 nitrogen and oxygen atoms in total. The predicted octanol–water partition coefficient (Wildman–Crippen LogP) is 1.83. The molecule has 0 bridgehead atoms.